The summed E-state index contributed by atoms with van der Waals surface area (Å²) in [6.07, 6.45) is 0. The smallest absolute Gasteiger partial charge is 0.144 e. The molecule has 0 aliphatic rings. The molecule has 1 rings (SSSR count). The molecule has 0 nitrogen and oxygen atoms in total. The van der Waals surface area contributed by atoms with Crippen LogP contribution in [0.5, 0.6) is 0 Å². The zero-order valence-corrected chi connectivity index (χ0v) is 12.5. The highest BCUT2D eigenvalue weighted by molar-refractivity contribution is 7.54. The Bertz CT molecular complexity index is 213. The van der Waals surface area contributed by atoms with E-state index in [1.165, 1.54) is 0 Å². The summed E-state index contributed by atoms with van der Waals surface area (Å²) >= 11 is 26.2. The minimum atomic E-state index is -1.72. The van der Waals surface area contributed by atoms with Crippen LogP contribution in [0, 0.1) is 0 Å². The van der Waals surface area contributed by atoms with E-state index in [0.29, 0.717) is 0 Å². The summed E-state index contributed by atoms with van der Waals surface area (Å²) in [7, 11) is -1.58. The highest BCUT2D eigenvalue weighted by Crippen LogP contribution is 1.97. The molecule has 7 heteroatoms. The highest BCUT2D eigenvalue weighted by atomic mass is 35.8. The minimum absolute atomic E-state index is 1.08. The molecule has 0 saturated heterocycles. The summed E-state index contributed by atoms with van der Waals surface area (Å²) in [6, 6.07) is 9.75. The molecule has 0 spiro atoms. The van der Waals surface area contributed by atoms with E-state index in [4.69, 9.17) is 55.4 Å². The molecule has 1 aromatic rings. The normalized spacial score (nSPS) is 9.77. The van der Waals surface area contributed by atoms with Gasteiger partial charge in [0, 0.05) is 0 Å². The molecule has 0 aliphatic heterocycles. The second-order valence-electron chi connectivity index (χ2n) is 1.96. The summed E-state index contributed by atoms with van der Waals surface area (Å²) in [5.74, 6) is 0. The van der Waals surface area contributed by atoms with Crippen molar-refractivity contribution in [2.24, 2.45) is 0 Å². The number of halogens is 5. The van der Waals surface area contributed by atoms with Crippen molar-refractivity contribution in [2.45, 2.75) is 0 Å². The Morgan fingerprint density at radius 1 is 0.769 bits per heavy atom. The van der Waals surface area contributed by atoms with Crippen molar-refractivity contribution in [3.63, 3.8) is 0 Å². The number of benzene rings is 1. The number of rotatable bonds is 1. The second-order valence-corrected chi connectivity index (χ2v) is 12.9. The molecule has 0 aromatic heterocycles. The molecule has 0 N–H and O–H groups in total. The van der Waals surface area contributed by atoms with Crippen molar-refractivity contribution in [1.29, 1.82) is 0 Å². The molecule has 0 atom stereocenters. The molecule has 0 heterocycles. The monoisotopic (exact) mass is 310 g/mol. The molecule has 1 aromatic carbocycles. The summed E-state index contributed by atoms with van der Waals surface area (Å²) in [4.78, 5) is 0. The van der Waals surface area contributed by atoms with Gasteiger partial charge in [0.1, 0.15) is 0 Å². The lowest BCUT2D eigenvalue weighted by atomic mass is 10.4. The van der Waals surface area contributed by atoms with Crippen molar-refractivity contribution in [2.75, 3.05) is 0 Å². The van der Waals surface area contributed by atoms with Crippen molar-refractivity contribution in [1.82, 2.24) is 0 Å². The zero-order chi connectivity index (χ0) is 10.3. The molecule has 13 heavy (non-hydrogen) atoms. The maximum Gasteiger partial charge on any atom is 0.326 e. The highest BCUT2D eigenvalue weighted by Gasteiger charge is 2.02. The lowest BCUT2D eigenvalue weighted by Gasteiger charge is -1.95. The third-order valence-electron chi connectivity index (χ3n) is 1.05. The quantitative estimate of drug-likeness (QED) is 0.552. The Balaban J connectivity index is 0.000000310. The molecule has 0 radical (unpaired) electrons. The van der Waals surface area contributed by atoms with Crippen LogP contribution in [0.1, 0.15) is 0 Å². The number of hydrogen-bond donors (Lipinski definition) is 0. The Labute approximate surface area is 104 Å². The molecule has 0 aliphatic carbocycles. The van der Waals surface area contributed by atoms with Gasteiger partial charge in [0.05, 0.1) is 0 Å². The fourth-order valence-corrected chi connectivity index (χ4v) is 1.98. The maximum atomic E-state index is 5.71. The van der Waals surface area contributed by atoms with E-state index in [9.17, 15) is 0 Å². The van der Waals surface area contributed by atoms with Gasteiger partial charge in [-0.3, -0.25) is 0 Å². The standard InChI is InChI=1S/C6H6Cl2Si.Cl3HSi/c7-9(8)6-4-2-1-3-5-6;1-4(2)3/h1-5,9H;4H. The molecule has 0 saturated carbocycles. The van der Waals surface area contributed by atoms with Crippen LogP contribution in [-0.4, -0.2) is 14.1 Å². The van der Waals surface area contributed by atoms with Gasteiger partial charge < -0.3 is 0 Å². The summed E-state index contributed by atoms with van der Waals surface area (Å²) < 4.78 is 0. The third kappa shape index (κ3) is 9.41. The van der Waals surface area contributed by atoms with Gasteiger partial charge >= 0.3 is 6.73 Å². The third-order valence-corrected chi connectivity index (χ3v) is 3.45. The van der Waals surface area contributed by atoms with E-state index in [1.54, 1.807) is 0 Å². The summed E-state index contributed by atoms with van der Waals surface area (Å²) in [5, 5.41) is 1.08. The Kier molecular flexibility index (Phi) is 9.13. The van der Waals surface area contributed by atoms with Crippen LogP contribution in [0.4, 0.5) is 0 Å². The Morgan fingerprint density at radius 3 is 1.38 bits per heavy atom. The van der Waals surface area contributed by atoms with Gasteiger partial charge in [-0.1, -0.05) is 30.3 Å². The average molecular weight is 313 g/mol. The van der Waals surface area contributed by atoms with Crippen molar-refractivity contribution < 1.29 is 0 Å². The van der Waals surface area contributed by atoms with Gasteiger partial charge in [-0.15, -0.1) is 55.4 Å². The average Bonchev–Trinajstić information content (AvgIpc) is 2.05. The molecule has 0 unspecified atom stereocenters. The second kappa shape index (κ2) is 8.42. The van der Waals surface area contributed by atoms with Crippen LogP contribution in [0.25, 0.3) is 0 Å². The lowest BCUT2D eigenvalue weighted by Crippen LogP contribution is -2.16. The van der Waals surface area contributed by atoms with E-state index < -0.39 is 14.1 Å². The Morgan fingerprint density at radius 2 is 1.15 bits per heavy atom. The van der Waals surface area contributed by atoms with Crippen molar-refractivity contribution in [3.8, 4) is 0 Å². The van der Waals surface area contributed by atoms with Crippen molar-refractivity contribution in [3.05, 3.63) is 30.3 Å². The van der Waals surface area contributed by atoms with Crippen molar-refractivity contribution >= 4 is 74.7 Å². The van der Waals surface area contributed by atoms with Gasteiger partial charge in [-0.2, -0.15) is 0 Å². The van der Waals surface area contributed by atoms with Gasteiger partial charge in [-0.25, -0.2) is 0 Å². The van der Waals surface area contributed by atoms with Gasteiger partial charge in [0.15, 0.2) is 0 Å². The van der Waals surface area contributed by atoms with Crippen LogP contribution in [0.3, 0.4) is 0 Å². The number of hydrogen-bond acceptors (Lipinski definition) is 0. The summed E-state index contributed by atoms with van der Waals surface area (Å²) in [6.45, 7) is -1.72. The molecule has 0 bridgehead atoms. The zero-order valence-electron chi connectivity index (χ0n) is 6.43. The predicted octanol–water partition coefficient (Wildman–Crippen LogP) is 3.01. The van der Waals surface area contributed by atoms with E-state index in [-0.39, 0.29) is 0 Å². The minimum Gasteiger partial charge on any atom is -0.144 e. The van der Waals surface area contributed by atoms with E-state index in [0.717, 1.165) is 5.19 Å². The van der Waals surface area contributed by atoms with Crippen LogP contribution in [0.2, 0.25) is 0 Å². The molecular weight excluding hydrogens is 306 g/mol. The van der Waals surface area contributed by atoms with Gasteiger partial charge in [0.25, 0.3) is 7.42 Å². The maximum absolute atomic E-state index is 5.71. The van der Waals surface area contributed by atoms with E-state index in [2.05, 4.69) is 0 Å². The first-order valence-electron chi connectivity index (χ1n) is 3.29. The SMILES string of the molecule is Cl[SiH](Cl)Cl.Cl[SiH](Cl)c1ccccc1. The lowest BCUT2D eigenvalue weighted by molar-refractivity contribution is 1.77. The predicted molar refractivity (Wildman–Crippen MR) is 69.6 cm³/mol. The fraction of sp³-hybridized carbons (Fsp3) is 0. The summed E-state index contributed by atoms with van der Waals surface area (Å²) in [5.41, 5.74) is 0. The first kappa shape index (κ1) is 14.1. The first-order chi connectivity index (χ1) is 6.04. The topological polar surface area (TPSA) is 0 Å². The van der Waals surface area contributed by atoms with Crippen LogP contribution in [0.15, 0.2) is 30.3 Å². The van der Waals surface area contributed by atoms with Crippen LogP contribution in [-0.2, 0) is 0 Å². The first-order valence-corrected chi connectivity index (χ1v) is 12.6. The van der Waals surface area contributed by atoms with Gasteiger partial charge in [-0.05, 0) is 5.19 Å². The molecule has 74 valence electrons. The van der Waals surface area contributed by atoms with E-state index >= 15 is 0 Å². The fourth-order valence-electron chi connectivity index (χ4n) is 0.599. The van der Waals surface area contributed by atoms with Crippen LogP contribution < -0.4 is 5.19 Å². The molecule has 0 fully saturated rings. The largest absolute Gasteiger partial charge is 0.326 e. The Hall–Kier alpha value is 1.10. The van der Waals surface area contributed by atoms with Crippen LogP contribution >= 0.6 is 55.4 Å². The molecular formula is C6H7Cl5Si2. The molecule has 0 amide bonds. The van der Waals surface area contributed by atoms with E-state index in [1.807, 2.05) is 30.3 Å². The van der Waals surface area contributed by atoms with Gasteiger partial charge in [0.2, 0.25) is 0 Å².